The molecule has 148 valence electrons. The Morgan fingerprint density at radius 1 is 1.03 bits per heavy atom. The Hall–Kier alpha value is -2.89. The summed E-state index contributed by atoms with van der Waals surface area (Å²) >= 11 is 11.8. The van der Waals surface area contributed by atoms with E-state index < -0.39 is 6.09 Å². The molecule has 0 bridgehead atoms. The highest BCUT2D eigenvalue weighted by atomic mass is 35.5. The fraction of sp³-hybridized carbons (Fsp3) is 0.0909. The molecule has 0 heterocycles. The molecule has 7 heteroatoms. The van der Waals surface area contributed by atoms with Gasteiger partial charge in [-0.15, -0.1) is 0 Å². The van der Waals surface area contributed by atoms with Gasteiger partial charge in [-0.25, -0.2) is 9.18 Å². The van der Waals surface area contributed by atoms with E-state index >= 15 is 0 Å². The average Bonchev–Trinajstić information content (AvgIpc) is 2.68. The summed E-state index contributed by atoms with van der Waals surface area (Å²) in [6, 6.07) is 18.4. The molecular formula is C22H17Cl2FN2O2. The summed E-state index contributed by atoms with van der Waals surface area (Å²) < 4.78 is 13.9. The normalized spacial score (nSPS) is 11.2. The predicted molar refractivity (Wildman–Crippen MR) is 115 cm³/mol. The van der Waals surface area contributed by atoms with Crippen molar-refractivity contribution in [3.63, 3.8) is 0 Å². The second-order valence-electron chi connectivity index (χ2n) is 6.11. The molecule has 4 nitrogen and oxygen atoms in total. The van der Waals surface area contributed by atoms with Crippen LogP contribution < -0.4 is 5.32 Å². The predicted octanol–water partition coefficient (Wildman–Crippen LogP) is 7.16. The molecule has 29 heavy (non-hydrogen) atoms. The van der Waals surface area contributed by atoms with Crippen LogP contribution in [0, 0.1) is 5.82 Å². The fourth-order valence-electron chi connectivity index (χ4n) is 2.72. The number of benzene rings is 3. The van der Waals surface area contributed by atoms with Crippen LogP contribution in [0.5, 0.6) is 0 Å². The van der Waals surface area contributed by atoms with E-state index in [1.54, 1.807) is 48.5 Å². The van der Waals surface area contributed by atoms with Gasteiger partial charge in [-0.05, 0) is 41.8 Å². The molecule has 3 aromatic rings. The van der Waals surface area contributed by atoms with Crippen molar-refractivity contribution in [3.8, 4) is 11.1 Å². The van der Waals surface area contributed by atoms with E-state index in [2.05, 4.69) is 10.5 Å². The highest BCUT2D eigenvalue weighted by Gasteiger charge is 2.09. The lowest BCUT2D eigenvalue weighted by Gasteiger charge is -2.08. The van der Waals surface area contributed by atoms with Gasteiger partial charge in [-0.1, -0.05) is 77.7 Å². The van der Waals surface area contributed by atoms with Crippen molar-refractivity contribution in [2.75, 3.05) is 5.32 Å². The monoisotopic (exact) mass is 430 g/mol. The van der Waals surface area contributed by atoms with Gasteiger partial charge in [0, 0.05) is 21.3 Å². The van der Waals surface area contributed by atoms with E-state index in [1.807, 2.05) is 19.1 Å². The summed E-state index contributed by atoms with van der Waals surface area (Å²) in [5.74, 6) is -0.286. The maximum Gasteiger partial charge on any atom is 0.437 e. The first-order valence-corrected chi connectivity index (χ1v) is 9.58. The van der Waals surface area contributed by atoms with E-state index in [-0.39, 0.29) is 5.82 Å². The van der Waals surface area contributed by atoms with Crippen LogP contribution in [0.1, 0.15) is 18.9 Å². The van der Waals surface area contributed by atoms with Gasteiger partial charge in [0.1, 0.15) is 5.82 Å². The topological polar surface area (TPSA) is 50.7 Å². The lowest BCUT2D eigenvalue weighted by Crippen LogP contribution is -2.12. The van der Waals surface area contributed by atoms with Crippen LogP contribution in [0.15, 0.2) is 71.9 Å². The summed E-state index contributed by atoms with van der Waals surface area (Å²) in [6.45, 7) is 1.89. The molecule has 0 aliphatic carbocycles. The molecule has 0 fully saturated rings. The quantitative estimate of drug-likeness (QED) is 0.265. The van der Waals surface area contributed by atoms with Crippen LogP contribution in [0.4, 0.5) is 14.9 Å². The Kier molecular flexibility index (Phi) is 6.86. The maximum atomic E-state index is 13.9. The number of halogens is 3. The third-order valence-electron chi connectivity index (χ3n) is 4.09. The molecule has 1 N–H and O–H groups in total. The number of rotatable bonds is 5. The molecule has 0 saturated heterocycles. The Labute approximate surface area is 177 Å². The molecule has 0 atom stereocenters. The first-order chi connectivity index (χ1) is 14.0. The van der Waals surface area contributed by atoms with Crippen LogP contribution in [0.25, 0.3) is 11.1 Å². The lowest BCUT2D eigenvalue weighted by atomic mass is 10.0. The van der Waals surface area contributed by atoms with Gasteiger partial charge in [0.25, 0.3) is 0 Å². The number of nitrogens with one attached hydrogen (secondary N) is 1. The van der Waals surface area contributed by atoms with Crippen molar-refractivity contribution in [3.05, 3.63) is 88.2 Å². The second kappa shape index (κ2) is 9.54. The summed E-state index contributed by atoms with van der Waals surface area (Å²) in [7, 11) is 0. The van der Waals surface area contributed by atoms with Crippen molar-refractivity contribution in [1.29, 1.82) is 0 Å². The van der Waals surface area contributed by atoms with Crippen LogP contribution in [-0.2, 0) is 4.84 Å². The van der Waals surface area contributed by atoms with E-state index in [0.717, 1.165) is 11.1 Å². The van der Waals surface area contributed by atoms with E-state index in [0.29, 0.717) is 33.4 Å². The van der Waals surface area contributed by atoms with Crippen molar-refractivity contribution in [1.82, 2.24) is 0 Å². The highest BCUT2D eigenvalue weighted by Crippen LogP contribution is 2.24. The summed E-state index contributed by atoms with van der Waals surface area (Å²) in [6.07, 6.45) is -0.229. The largest absolute Gasteiger partial charge is 0.437 e. The van der Waals surface area contributed by atoms with E-state index in [1.165, 1.54) is 6.07 Å². The molecule has 0 unspecified atom stereocenters. The Bertz CT molecular complexity index is 1030. The Morgan fingerprint density at radius 2 is 1.69 bits per heavy atom. The van der Waals surface area contributed by atoms with Crippen LogP contribution in [-0.4, -0.2) is 11.8 Å². The number of hydrogen-bond donors (Lipinski definition) is 1. The van der Waals surface area contributed by atoms with Crippen LogP contribution in [0.2, 0.25) is 10.0 Å². The standard InChI is InChI=1S/C22H17Cl2FN2O2/c1-2-21(27-29-22(28)26-18-12-16(23)11-17(24)13-18)15-9-7-14(8-10-15)19-5-3-4-6-20(19)25/h3-13H,2H2,1H3,(H,26,28). The minimum Gasteiger partial charge on any atom is -0.297 e. The molecule has 0 aliphatic rings. The third kappa shape index (κ3) is 5.56. The van der Waals surface area contributed by atoms with Gasteiger partial charge in [0.2, 0.25) is 0 Å². The van der Waals surface area contributed by atoms with Crippen molar-refractivity contribution in [2.24, 2.45) is 5.16 Å². The number of oxime groups is 1. The zero-order valence-electron chi connectivity index (χ0n) is 15.5. The molecular weight excluding hydrogens is 414 g/mol. The van der Waals surface area contributed by atoms with Gasteiger partial charge in [0.15, 0.2) is 0 Å². The first-order valence-electron chi connectivity index (χ1n) is 8.82. The lowest BCUT2D eigenvalue weighted by molar-refractivity contribution is 0.166. The molecule has 3 rings (SSSR count). The van der Waals surface area contributed by atoms with Crippen LogP contribution >= 0.6 is 23.2 Å². The van der Waals surface area contributed by atoms with E-state index in [4.69, 9.17) is 28.0 Å². The van der Waals surface area contributed by atoms with Gasteiger partial charge < -0.3 is 0 Å². The number of amides is 1. The minimum atomic E-state index is -0.766. The van der Waals surface area contributed by atoms with Gasteiger partial charge >= 0.3 is 6.09 Å². The zero-order chi connectivity index (χ0) is 20.8. The smallest absolute Gasteiger partial charge is 0.297 e. The van der Waals surface area contributed by atoms with Crippen LogP contribution in [0.3, 0.4) is 0 Å². The molecule has 0 radical (unpaired) electrons. The van der Waals surface area contributed by atoms with Gasteiger partial charge in [-0.2, -0.15) is 0 Å². The second-order valence-corrected chi connectivity index (χ2v) is 6.98. The third-order valence-corrected chi connectivity index (χ3v) is 4.52. The number of anilines is 1. The SMILES string of the molecule is CCC(=NOC(=O)Nc1cc(Cl)cc(Cl)c1)c1ccc(-c2ccccc2F)cc1. The summed E-state index contributed by atoms with van der Waals surface area (Å²) in [4.78, 5) is 17.0. The summed E-state index contributed by atoms with van der Waals surface area (Å²) in [5.41, 5.74) is 3.01. The van der Waals surface area contributed by atoms with Crippen molar-refractivity contribution in [2.45, 2.75) is 13.3 Å². The number of carbonyl (C=O) groups is 1. The zero-order valence-corrected chi connectivity index (χ0v) is 17.0. The van der Waals surface area contributed by atoms with E-state index in [9.17, 15) is 9.18 Å². The minimum absolute atomic E-state index is 0.286. The Balaban J connectivity index is 1.71. The molecule has 0 spiro atoms. The number of hydrogen-bond acceptors (Lipinski definition) is 3. The maximum absolute atomic E-state index is 13.9. The summed E-state index contributed by atoms with van der Waals surface area (Å²) in [5, 5.41) is 7.23. The number of nitrogens with zero attached hydrogens (tertiary/aromatic N) is 1. The molecule has 1 amide bonds. The first kappa shape index (κ1) is 20.8. The molecule has 3 aromatic carbocycles. The number of carbonyl (C=O) groups excluding carboxylic acids is 1. The van der Waals surface area contributed by atoms with Gasteiger partial charge in [0.05, 0.1) is 5.71 Å². The Morgan fingerprint density at radius 3 is 2.31 bits per heavy atom. The molecule has 0 saturated carbocycles. The fourth-order valence-corrected chi connectivity index (χ4v) is 3.25. The van der Waals surface area contributed by atoms with Crippen molar-refractivity contribution >= 4 is 40.7 Å². The highest BCUT2D eigenvalue weighted by molar-refractivity contribution is 6.35. The molecule has 0 aliphatic heterocycles. The van der Waals surface area contributed by atoms with Gasteiger partial charge in [-0.3, -0.25) is 10.2 Å². The average molecular weight is 431 g/mol. The molecule has 0 aromatic heterocycles. The van der Waals surface area contributed by atoms with Crippen molar-refractivity contribution < 1.29 is 14.0 Å².